The average Bonchev–Trinajstić information content (AvgIpc) is 1.07. The van der Waals surface area contributed by atoms with Gasteiger partial charge in [0.25, 0.3) is 0 Å². The van der Waals surface area contributed by atoms with Gasteiger partial charge in [-0.25, -0.2) is 9.13 Å². The minimum absolute atomic E-state index is 0.0893. The van der Waals surface area contributed by atoms with Gasteiger partial charge in [0.2, 0.25) is 0 Å². The molecule has 0 radical (unpaired) electrons. The summed E-state index contributed by atoms with van der Waals surface area (Å²) >= 11 is 0. The number of phosphoric acid groups is 2. The van der Waals surface area contributed by atoms with Gasteiger partial charge in [-0.05, 0) is 103 Å². The SMILES string of the molecule is CCCCCC/C=C\CCCCCCCC(=O)O[C@H](COC(=O)CCCCCCC/C=C\CCCCCCCC)COP(=O)(O)OC[C@@H](O)COP(=O)(O)OC[C@@H](COC(=O)CCCCCCC/C=C\CCCCCCCC)OC(=O)CCCCCCCCCCCCCCCCC. The fraction of sp³-hybridized carbons (Fsp3) is 0.873. The van der Waals surface area contributed by atoms with E-state index in [-0.39, 0.29) is 25.7 Å². The van der Waals surface area contributed by atoms with E-state index >= 15 is 0 Å². The van der Waals surface area contributed by atoms with E-state index in [1.54, 1.807) is 0 Å². The van der Waals surface area contributed by atoms with E-state index in [0.717, 1.165) is 141 Å². The molecule has 17 nitrogen and oxygen atoms in total. The molecule has 0 saturated carbocycles. The minimum Gasteiger partial charge on any atom is -0.462 e. The Morgan fingerprint density at radius 3 is 0.714 bits per heavy atom. The normalized spacial score (nSPS) is 14.1. The molecule has 2 unspecified atom stereocenters. The first-order chi connectivity index (χ1) is 47.7. The summed E-state index contributed by atoms with van der Waals surface area (Å²) in [5.74, 6) is -2.16. The molecule has 0 aliphatic heterocycles. The van der Waals surface area contributed by atoms with E-state index in [1.165, 1.54) is 167 Å². The number of allylic oxidation sites excluding steroid dienone is 6. The summed E-state index contributed by atoms with van der Waals surface area (Å²) in [6.45, 7) is 4.91. The van der Waals surface area contributed by atoms with Crippen LogP contribution in [0.4, 0.5) is 0 Å². The number of esters is 4. The smallest absolute Gasteiger partial charge is 0.462 e. The molecule has 0 spiro atoms. The van der Waals surface area contributed by atoms with Crippen LogP contribution in [0, 0.1) is 0 Å². The first-order valence-corrected chi connectivity index (χ1v) is 43.2. The summed E-state index contributed by atoms with van der Waals surface area (Å²) in [7, 11) is -9.93. The van der Waals surface area contributed by atoms with Crippen LogP contribution in [-0.2, 0) is 65.4 Å². The largest absolute Gasteiger partial charge is 0.472 e. The summed E-state index contributed by atoms with van der Waals surface area (Å²) in [5, 5.41) is 10.6. The zero-order valence-corrected chi connectivity index (χ0v) is 64.8. The third kappa shape index (κ3) is 71.7. The van der Waals surface area contributed by atoms with Crippen molar-refractivity contribution in [3.63, 3.8) is 0 Å². The second kappa shape index (κ2) is 72.6. The Labute approximate surface area is 598 Å². The first kappa shape index (κ1) is 95.3. The Morgan fingerprint density at radius 1 is 0.276 bits per heavy atom. The van der Waals surface area contributed by atoms with E-state index < -0.39 is 97.5 Å². The number of aliphatic hydroxyl groups is 1. The molecular formula is C79H148O17P2. The second-order valence-corrected chi connectivity index (χ2v) is 30.3. The summed E-state index contributed by atoms with van der Waals surface area (Å²) in [6, 6.07) is 0. The molecule has 0 aromatic heterocycles. The number of carbonyl (C=O) groups excluding carboxylic acids is 4. The molecule has 0 bridgehead atoms. The van der Waals surface area contributed by atoms with Crippen molar-refractivity contribution < 1.29 is 80.2 Å². The van der Waals surface area contributed by atoms with Crippen molar-refractivity contribution >= 4 is 39.5 Å². The zero-order chi connectivity index (χ0) is 71.8. The van der Waals surface area contributed by atoms with Gasteiger partial charge >= 0.3 is 39.5 Å². The maximum atomic E-state index is 13.1. The van der Waals surface area contributed by atoms with Gasteiger partial charge in [0, 0.05) is 25.7 Å². The summed E-state index contributed by atoms with van der Waals surface area (Å²) in [4.78, 5) is 72.9. The number of hydrogen-bond donors (Lipinski definition) is 3. The molecule has 0 fully saturated rings. The van der Waals surface area contributed by atoms with Gasteiger partial charge in [0.15, 0.2) is 12.2 Å². The number of ether oxygens (including phenoxy) is 4. The fourth-order valence-corrected chi connectivity index (χ4v) is 13.0. The number of carbonyl (C=O) groups is 4. The fourth-order valence-electron chi connectivity index (χ4n) is 11.4. The molecule has 3 N–H and O–H groups in total. The van der Waals surface area contributed by atoms with E-state index in [4.69, 9.17) is 37.0 Å². The molecule has 0 aromatic rings. The lowest BCUT2D eigenvalue weighted by Gasteiger charge is -2.21. The highest BCUT2D eigenvalue weighted by molar-refractivity contribution is 7.47. The Hall–Kier alpha value is -2.72. The summed E-state index contributed by atoms with van der Waals surface area (Å²) < 4.78 is 68.6. The highest BCUT2D eigenvalue weighted by Crippen LogP contribution is 2.45. The zero-order valence-electron chi connectivity index (χ0n) is 63.0. The van der Waals surface area contributed by atoms with Crippen LogP contribution in [0.2, 0.25) is 0 Å². The van der Waals surface area contributed by atoms with Crippen LogP contribution >= 0.6 is 15.6 Å². The van der Waals surface area contributed by atoms with Gasteiger partial charge in [-0.1, -0.05) is 295 Å². The second-order valence-electron chi connectivity index (χ2n) is 27.4. The van der Waals surface area contributed by atoms with Crippen molar-refractivity contribution in [2.75, 3.05) is 39.6 Å². The number of hydrogen-bond acceptors (Lipinski definition) is 15. The molecule has 19 heteroatoms. The molecule has 0 saturated heterocycles. The summed E-state index contributed by atoms with van der Waals surface area (Å²) in [5.41, 5.74) is 0. The van der Waals surface area contributed by atoms with Crippen LogP contribution < -0.4 is 0 Å². The number of rotatable bonds is 77. The lowest BCUT2D eigenvalue weighted by atomic mass is 10.0. The Morgan fingerprint density at radius 2 is 0.469 bits per heavy atom. The van der Waals surface area contributed by atoms with Crippen LogP contribution in [0.15, 0.2) is 36.5 Å². The molecule has 0 aliphatic rings. The van der Waals surface area contributed by atoms with Crippen LogP contribution in [0.1, 0.15) is 387 Å². The van der Waals surface area contributed by atoms with Crippen molar-refractivity contribution in [2.24, 2.45) is 0 Å². The highest BCUT2D eigenvalue weighted by atomic mass is 31.2. The highest BCUT2D eigenvalue weighted by Gasteiger charge is 2.30. The quantitative estimate of drug-likeness (QED) is 0.0169. The van der Waals surface area contributed by atoms with Gasteiger partial charge in [0.05, 0.1) is 26.4 Å². The summed E-state index contributed by atoms with van der Waals surface area (Å²) in [6.07, 6.45) is 68.3. The Kier molecular flexibility index (Phi) is 70.6. The molecule has 0 amide bonds. The van der Waals surface area contributed by atoms with Crippen molar-refractivity contribution in [3.05, 3.63) is 36.5 Å². The van der Waals surface area contributed by atoms with Crippen molar-refractivity contribution in [3.8, 4) is 0 Å². The molecule has 98 heavy (non-hydrogen) atoms. The Bertz CT molecular complexity index is 2000. The van der Waals surface area contributed by atoms with Gasteiger partial charge in [-0.15, -0.1) is 0 Å². The lowest BCUT2D eigenvalue weighted by molar-refractivity contribution is -0.161. The van der Waals surface area contributed by atoms with Crippen molar-refractivity contribution in [1.82, 2.24) is 0 Å². The minimum atomic E-state index is -4.97. The van der Waals surface area contributed by atoms with Gasteiger partial charge < -0.3 is 33.8 Å². The molecule has 576 valence electrons. The number of aliphatic hydroxyl groups excluding tert-OH is 1. The van der Waals surface area contributed by atoms with Crippen LogP contribution in [-0.4, -0.2) is 96.7 Å². The molecule has 5 atom stereocenters. The van der Waals surface area contributed by atoms with Crippen LogP contribution in [0.3, 0.4) is 0 Å². The standard InChI is InChI=1S/C79H148O17P2/c1-5-9-13-17-21-25-29-33-36-40-43-47-51-55-59-63-76(81)89-69-74(95-78(83)65-61-57-53-49-45-39-32-28-24-20-16-12-8-4)71-93-97(85,86)91-67-73(80)68-92-98(87,88)94-72-75(96-79(84)66-62-58-54-50-46-42-38-35-31-27-23-19-15-11-7-3)70-90-77(82)64-60-56-52-48-44-41-37-34-30-26-22-18-14-10-6-2/h28,32-34,36-37,73-75,80H,5-27,29-31,35,38-72H2,1-4H3,(H,85,86)(H,87,88)/b32-28-,36-33-,37-34-/t73-,74-,75-/m1/s1. The predicted molar refractivity (Wildman–Crippen MR) is 400 cm³/mol. The molecular weight excluding hydrogens is 1280 g/mol. The van der Waals surface area contributed by atoms with Crippen LogP contribution in [0.25, 0.3) is 0 Å². The van der Waals surface area contributed by atoms with Crippen LogP contribution in [0.5, 0.6) is 0 Å². The van der Waals surface area contributed by atoms with E-state index in [9.17, 15) is 43.2 Å². The monoisotopic (exact) mass is 1430 g/mol. The van der Waals surface area contributed by atoms with Crippen molar-refractivity contribution in [1.29, 1.82) is 0 Å². The number of phosphoric ester groups is 2. The molecule has 0 rings (SSSR count). The van der Waals surface area contributed by atoms with E-state index in [0.29, 0.717) is 25.7 Å². The maximum Gasteiger partial charge on any atom is 0.472 e. The topological polar surface area (TPSA) is 237 Å². The van der Waals surface area contributed by atoms with E-state index in [1.807, 2.05) is 0 Å². The lowest BCUT2D eigenvalue weighted by Crippen LogP contribution is -2.30. The van der Waals surface area contributed by atoms with Crippen molar-refractivity contribution in [2.45, 2.75) is 406 Å². The number of unbranched alkanes of at least 4 members (excludes halogenated alkanes) is 45. The average molecular weight is 1430 g/mol. The molecule has 0 aliphatic carbocycles. The molecule has 0 aromatic carbocycles. The van der Waals surface area contributed by atoms with Gasteiger partial charge in [-0.3, -0.25) is 37.3 Å². The van der Waals surface area contributed by atoms with Gasteiger partial charge in [-0.2, -0.15) is 0 Å². The molecule has 0 heterocycles. The van der Waals surface area contributed by atoms with E-state index in [2.05, 4.69) is 64.2 Å². The maximum absolute atomic E-state index is 13.1. The Balaban J connectivity index is 5.31. The first-order valence-electron chi connectivity index (χ1n) is 40.2. The van der Waals surface area contributed by atoms with Gasteiger partial charge in [0.1, 0.15) is 19.3 Å². The predicted octanol–water partition coefficient (Wildman–Crippen LogP) is 23.1. The third-order valence-corrected chi connectivity index (χ3v) is 19.5. The third-order valence-electron chi connectivity index (χ3n) is 17.6.